The van der Waals surface area contributed by atoms with Crippen molar-refractivity contribution in [3.05, 3.63) is 72.3 Å². The second kappa shape index (κ2) is 8.19. The summed E-state index contributed by atoms with van der Waals surface area (Å²) in [5.41, 5.74) is -0.670. The van der Waals surface area contributed by atoms with Crippen LogP contribution in [0.15, 0.2) is 61.2 Å². The Morgan fingerprint density at radius 2 is 1.54 bits per heavy atom. The largest absolute Gasteiger partial charge is 0.457 e. The van der Waals surface area contributed by atoms with Gasteiger partial charge in [-0.05, 0) is 48.5 Å². The topological polar surface area (TPSA) is 61.8 Å². The Hall–Kier alpha value is -3.29. The number of rotatable bonds is 6. The third-order valence-corrected chi connectivity index (χ3v) is 3.08. The average molecular weight is 366 g/mol. The van der Waals surface area contributed by atoms with Gasteiger partial charge in [0.1, 0.15) is 11.5 Å². The molecule has 0 unspecified atom stereocenters. The van der Waals surface area contributed by atoms with Gasteiger partial charge in [-0.25, -0.2) is 9.59 Å². The van der Waals surface area contributed by atoms with Gasteiger partial charge in [-0.1, -0.05) is 6.58 Å². The van der Waals surface area contributed by atoms with Crippen molar-refractivity contribution in [2.24, 2.45) is 0 Å². The van der Waals surface area contributed by atoms with Crippen LogP contribution in [0, 0.1) is 0 Å². The highest BCUT2D eigenvalue weighted by molar-refractivity contribution is 5.91. The fourth-order valence-corrected chi connectivity index (χ4v) is 1.78. The van der Waals surface area contributed by atoms with Crippen molar-refractivity contribution in [1.29, 1.82) is 0 Å². The van der Waals surface area contributed by atoms with Crippen LogP contribution in [0.1, 0.15) is 15.9 Å². The maximum atomic E-state index is 12.5. The predicted octanol–water partition coefficient (Wildman–Crippen LogP) is 3.99. The lowest BCUT2D eigenvalue weighted by molar-refractivity contribution is -0.144. The minimum absolute atomic E-state index is 0.0142. The van der Waals surface area contributed by atoms with Crippen LogP contribution >= 0.6 is 0 Å². The van der Waals surface area contributed by atoms with E-state index in [4.69, 9.17) is 9.47 Å². The van der Waals surface area contributed by atoms with Crippen LogP contribution in [0.5, 0.6) is 11.5 Å². The van der Waals surface area contributed by atoms with E-state index in [9.17, 15) is 22.8 Å². The zero-order valence-electron chi connectivity index (χ0n) is 13.3. The summed E-state index contributed by atoms with van der Waals surface area (Å²) in [5.74, 6) is -1.05. The van der Waals surface area contributed by atoms with Gasteiger partial charge in [0.2, 0.25) is 6.79 Å². The molecule has 0 saturated heterocycles. The number of alkyl halides is 3. The number of carbonyl (C=O) groups is 2. The van der Waals surface area contributed by atoms with Gasteiger partial charge in [0.25, 0.3) is 0 Å². The lowest BCUT2D eigenvalue weighted by Crippen LogP contribution is -2.10. The summed E-state index contributed by atoms with van der Waals surface area (Å²) in [7, 11) is 0. The molecule has 0 aliphatic heterocycles. The van der Waals surface area contributed by atoms with Crippen LogP contribution in [-0.4, -0.2) is 18.7 Å². The first-order valence-electron chi connectivity index (χ1n) is 7.21. The van der Waals surface area contributed by atoms with Gasteiger partial charge in [-0.2, -0.15) is 13.2 Å². The molecule has 136 valence electrons. The molecule has 0 atom stereocenters. The molecule has 0 spiro atoms. The highest BCUT2D eigenvalue weighted by Gasteiger charge is 2.30. The first-order chi connectivity index (χ1) is 12.3. The summed E-state index contributed by atoms with van der Waals surface area (Å²) in [5, 5.41) is 0. The van der Waals surface area contributed by atoms with Crippen LogP contribution in [-0.2, 0) is 15.7 Å². The van der Waals surface area contributed by atoms with Gasteiger partial charge < -0.3 is 14.2 Å². The number of carbonyl (C=O) groups excluding carboxylic acids is 2. The average Bonchev–Trinajstić information content (AvgIpc) is 2.61. The zero-order chi connectivity index (χ0) is 19.2. The molecule has 0 saturated carbocycles. The van der Waals surface area contributed by atoms with E-state index in [1.165, 1.54) is 24.3 Å². The summed E-state index contributed by atoms with van der Waals surface area (Å²) in [6.45, 7) is 2.91. The Bertz CT molecular complexity index is 780. The fourth-order valence-electron chi connectivity index (χ4n) is 1.78. The van der Waals surface area contributed by atoms with Crippen LogP contribution in [0.3, 0.4) is 0 Å². The molecule has 2 aromatic carbocycles. The normalized spacial score (nSPS) is 10.7. The second-order valence-corrected chi connectivity index (χ2v) is 4.87. The third-order valence-electron chi connectivity index (χ3n) is 3.08. The van der Waals surface area contributed by atoms with E-state index in [0.717, 1.165) is 30.3 Å². The number of halogens is 3. The minimum atomic E-state index is -4.46. The molecule has 0 aliphatic carbocycles. The molecule has 0 aromatic heterocycles. The Kier molecular flexibility index (Phi) is 6.00. The van der Waals surface area contributed by atoms with Crippen molar-refractivity contribution in [1.82, 2.24) is 0 Å². The van der Waals surface area contributed by atoms with Gasteiger partial charge in [-0.15, -0.1) is 0 Å². The molecule has 8 heteroatoms. The quantitative estimate of drug-likeness (QED) is 0.335. The van der Waals surface area contributed by atoms with Gasteiger partial charge in [0.05, 0.1) is 11.1 Å². The van der Waals surface area contributed by atoms with Crippen LogP contribution in [0.4, 0.5) is 13.2 Å². The molecular formula is C18H13F3O5. The Morgan fingerprint density at radius 1 is 0.962 bits per heavy atom. The third kappa shape index (κ3) is 5.37. The van der Waals surface area contributed by atoms with Crippen LogP contribution < -0.4 is 9.47 Å². The summed E-state index contributed by atoms with van der Waals surface area (Å²) < 4.78 is 52.2. The first kappa shape index (κ1) is 19.0. The first-order valence-corrected chi connectivity index (χ1v) is 7.21. The number of esters is 2. The van der Waals surface area contributed by atoms with Crippen molar-refractivity contribution in [2.45, 2.75) is 6.18 Å². The Morgan fingerprint density at radius 3 is 2.08 bits per heavy atom. The van der Waals surface area contributed by atoms with Crippen molar-refractivity contribution in [3.63, 3.8) is 0 Å². The molecule has 26 heavy (non-hydrogen) atoms. The van der Waals surface area contributed by atoms with E-state index in [-0.39, 0.29) is 18.1 Å². The van der Waals surface area contributed by atoms with Crippen molar-refractivity contribution in [3.8, 4) is 11.5 Å². The molecule has 2 rings (SSSR count). The smallest absolute Gasteiger partial charge is 0.416 e. The number of hydrogen-bond acceptors (Lipinski definition) is 5. The molecule has 0 radical (unpaired) electrons. The summed E-state index contributed by atoms with van der Waals surface area (Å²) in [4.78, 5) is 22.8. The Labute approximate surface area is 146 Å². The van der Waals surface area contributed by atoms with E-state index < -0.39 is 23.7 Å². The summed E-state index contributed by atoms with van der Waals surface area (Å²) in [6.07, 6.45) is -3.47. The summed E-state index contributed by atoms with van der Waals surface area (Å²) in [6, 6.07) is 9.47. The minimum Gasteiger partial charge on any atom is -0.457 e. The standard InChI is InChI=1S/C18H13F3O5/c1-2-16(22)25-11-24-14-7-3-12(4-8-14)17(23)26-15-9-5-13(6-10-15)18(19,20)21/h2-10H,1,11H2. The Balaban J connectivity index is 1.93. The van der Waals surface area contributed by atoms with E-state index >= 15 is 0 Å². The lowest BCUT2D eigenvalue weighted by atomic mass is 10.2. The molecule has 2 aromatic rings. The number of benzene rings is 2. The maximum absolute atomic E-state index is 12.5. The molecule has 0 N–H and O–H groups in total. The second-order valence-electron chi connectivity index (χ2n) is 4.87. The van der Waals surface area contributed by atoms with Crippen LogP contribution in [0.2, 0.25) is 0 Å². The number of ether oxygens (including phenoxy) is 3. The van der Waals surface area contributed by atoms with E-state index in [1.807, 2.05) is 0 Å². The highest BCUT2D eigenvalue weighted by atomic mass is 19.4. The number of hydrogen-bond donors (Lipinski definition) is 0. The molecule has 0 amide bonds. The predicted molar refractivity (Wildman–Crippen MR) is 84.6 cm³/mol. The molecular weight excluding hydrogens is 353 g/mol. The monoisotopic (exact) mass is 366 g/mol. The summed E-state index contributed by atoms with van der Waals surface area (Å²) >= 11 is 0. The highest BCUT2D eigenvalue weighted by Crippen LogP contribution is 2.30. The zero-order valence-corrected chi connectivity index (χ0v) is 13.3. The van der Waals surface area contributed by atoms with Crippen molar-refractivity contribution >= 4 is 11.9 Å². The van der Waals surface area contributed by atoms with Gasteiger partial charge in [-0.3, -0.25) is 0 Å². The van der Waals surface area contributed by atoms with Crippen molar-refractivity contribution < 1.29 is 37.0 Å². The molecule has 0 bridgehead atoms. The van der Waals surface area contributed by atoms with Gasteiger partial charge in [0, 0.05) is 6.08 Å². The van der Waals surface area contributed by atoms with E-state index in [2.05, 4.69) is 11.3 Å². The SMILES string of the molecule is C=CC(=O)OCOc1ccc(C(=O)Oc2ccc(C(F)(F)F)cc2)cc1. The molecule has 0 heterocycles. The van der Waals surface area contributed by atoms with E-state index in [1.54, 1.807) is 0 Å². The maximum Gasteiger partial charge on any atom is 0.416 e. The molecule has 0 aliphatic rings. The molecule has 5 nitrogen and oxygen atoms in total. The van der Waals surface area contributed by atoms with Crippen molar-refractivity contribution in [2.75, 3.05) is 6.79 Å². The van der Waals surface area contributed by atoms with Gasteiger partial charge >= 0.3 is 18.1 Å². The van der Waals surface area contributed by atoms with Gasteiger partial charge in [0.15, 0.2) is 0 Å². The van der Waals surface area contributed by atoms with E-state index in [0.29, 0.717) is 5.75 Å². The fraction of sp³-hybridized carbons (Fsp3) is 0.111. The van der Waals surface area contributed by atoms with Crippen LogP contribution in [0.25, 0.3) is 0 Å². The molecule has 0 fully saturated rings. The lowest BCUT2D eigenvalue weighted by Gasteiger charge is -2.09.